The molecule has 1 aromatic heterocycles. The number of fused-ring (bicyclic) bond motifs is 1. The number of benzene rings is 1. The van der Waals surface area contributed by atoms with Gasteiger partial charge in [0.25, 0.3) is 0 Å². The highest BCUT2D eigenvalue weighted by molar-refractivity contribution is 5.98. The van der Waals surface area contributed by atoms with Crippen molar-refractivity contribution in [1.29, 1.82) is 10.5 Å². The van der Waals surface area contributed by atoms with Gasteiger partial charge in [0.1, 0.15) is 12.1 Å². The fraction of sp³-hybridized carbons (Fsp3) is 0.235. The minimum absolute atomic E-state index is 0.187. The number of Topliss-reactive ketones (excluding diaryl/α,β-unsaturated/α-hetero) is 1. The van der Waals surface area contributed by atoms with Gasteiger partial charge in [-0.25, -0.2) is 0 Å². The molecule has 3 rings (SSSR count). The van der Waals surface area contributed by atoms with E-state index < -0.39 is 0 Å². The van der Waals surface area contributed by atoms with Gasteiger partial charge in [0.15, 0.2) is 5.78 Å². The maximum absolute atomic E-state index is 12.0. The first-order valence-corrected chi connectivity index (χ1v) is 6.84. The molecule has 0 fully saturated rings. The van der Waals surface area contributed by atoms with Gasteiger partial charge in [0, 0.05) is 29.1 Å². The van der Waals surface area contributed by atoms with Crippen molar-refractivity contribution in [3.05, 3.63) is 52.3 Å². The van der Waals surface area contributed by atoms with Crippen LogP contribution in [-0.4, -0.2) is 10.4 Å². The fourth-order valence-electron chi connectivity index (χ4n) is 2.95. The van der Waals surface area contributed by atoms with E-state index in [1.807, 2.05) is 29.7 Å². The number of ketones is 1. The third kappa shape index (κ3) is 2.02. The standard InChI is InChI=1S/C17H13N3O/c1-11-7-15-16(3-2-4-17(15)21)20(11)14-6-5-12(9-18)13(8-14)10-19/h5-8H,2-4H2,1H3. The summed E-state index contributed by atoms with van der Waals surface area (Å²) >= 11 is 0. The first kappa shape index (κ1) is 13.1. The smallest absolute Gasteiger partial charge is 0.164 e. The Morgan fingerprint density at radius 3 is 2.57 bits per heavy atom. The van der Waals surface area contributed by atoms with Gasteiger partial charge in [0.2, 0.25) is 0 Å². The van der Waals surface area contributed by atoms with Crippen LogP contribution in [0.2, 0.25) is 0 Å². The van der Waals surface area contributed by atoms with Gasteiger partial charge in [-0.05, 0) is 44.0 Å². The maximum atomic E-state index is 12.0. The van der Waals surface area contributed by atoms with Crippen molar-refractivity contribution in [2.24, 2.45) is 0 Å². The van der Waals surface area contributed by atoms with Gasteiger partial charge in [0.05, 0.1) is 11.1 Å². The van der Waals surface area contributed by atoms with E-state index in [2.05, 4.69) is 6.07 Å². The second-order valence-corrected chi connectivity index (χ2v) is 5.21. The molecule has 4 heteroatoms. The summed E-state index contributed by atoms with van der Waals surface area (Å²) in [7, 11) is 0. The van der Waals surface area contributed by atoms with E-state index >= 15 is 0 Å². The molecule has 0 bridgehead atoms. The summed E-state index contributed by atoms with van der Waals surface area (Å²) in [6, 6.07) is 11.2. The van der Waals surface area contributed by atoms with Crippen LogP contribution in [0, 0.1) is 29.6 Å². The molecule has 1 heterocycles. The Hall–Kier alpha value is -2.85. The SMILES string of the molecule is Cc1cc2c(n1-c1ccc(C#N)c(C#N)c1)CCCC2=O. The Labute approximate surface area is 122 Å². The molecule has 0 saturated heterocycles. The molecule has 1 aromatic carbocycles. The number of hydrogen-bond donors (Lipinski definition) is 0. The molecule has 0 unspecified atom stereocenters. The number of aromatic nitrogens is 1. The molecule has 4 nitrogen and oxygen atoms in total. The highest BCUT2D eigenvalue weighted by Gasteiger charge is 2.23. The molecule has 2 aromatic rings. The van der Waals surface area contributed by atoms with Crippen LogP contribution in [0.5, 0.6) is 0 Å². The van der Waals surface area contributed by atoms with E-state index in [9.17, 15) is 4.79 Å². The average Bonchev–Trinajstić information content (AvgIpc) is 2.84. The minimum Gasteiger partial charge on any atom is -0.317 e. The zero-order valence-corrected chi connectivity index (χ0v) is 11.7. The first-order chi connectivity index (χ1) is 10.2. The van der Waals surface area contributed by atoms with Crippen LogP contribution in [0.3, 0.4) is 0 Å². The quantitative estimate of drug-likeness (QED) is 0.803. The largest absolute Gasteiger partial charge is 0.317 e. The monoisotopic (exact) mass is 275 g/mol. The van der Waals surface area contributed by atoms with E-state index in [4.69, 9.17) is 10.5 Å². The molecule has 102 valence electrons. The lowest BCUT2D eigenvalue weighted by atomic mass is 9.96. The van der Waals surface area contributed by atoms with Crippen LogP contribution < -0.4 is 0 Å². The van der Waals surface area contributed by atoms with Crippen LogP contribution in [0.4, 0.5) is 0 Å². The van der Waals surface area contributed by atoms with Crippen molar-refractivity contribution >= 4 is 5.78 Å². The van der Waals surface area contributed by atoms with Gasteiger partial charge in [-0.15, -0.1) is 0 Å². The van der Waals surface area contributed by atoms with Gasteiger partial charge in [-0.2, -0.15) is 10.5 Å². The number of nitriles is 2. The minimum atomic E-state index is 0.187. The van der Waals surface area contributed by atoms with Gasteiger partial charge >= 0.3 is 0 Å². The first-order valence-electron chi connectivity index (χ1n) is 6.84. The summed E-state index contributed by atoms with van der Waals surface area (Å²) in [5.74, 6) is 0.187. The van der Waals surface area contributed by atoms with Crippen LogP contribution >= 0.6 is 0 Å². The zero-order chi connectivity index (χ0) is 15.0. The zero-order valence-electron chi connectivity index (χ0n) is 11.7. The number of carbonyl (C=O) groups is 1. The summed E-state index contributed by atoms with van der Waals surface area (Å²) in [5.41, 5.74) is 4.34. The Balaban J connectivity index is 2.21. The Morgan fingerprint density at radius 2 is 1.86 bits per heavy atom. The molecular formula is C17H13N3O. The second kappa shape index (κ2) is 4.92. The molecule has 0 saturated carbocycles. The molecule has 0 amide bonds. The third-order valence-corrected chi connectivity index (χ3v) is 3.91. The van der Waals surface area contributed by atoms with Crippen molar-refractivity contribution in [2.45, 2.75) is 26.2 Å². The van der Waals surface area contributed by atoms with Crippen molar-refractivity contribution in [1.82, 2.24) is 4.57 Å². The van der Waals surface area contributed by atoms with E-state index in [0.29, 0.717) is 17.5 Å². The van der Waals surface area contributed by atoms with Crippen molar-refractivity contribution < 1.29 is 4.79 Å². The highest BCUT2D eigenvalue weighted by atomic mass is 16.1. The Morgan fingerprint density at radius 1 is 1.10 bits per heavy atom. The van der Waals surface area contributed by atoms with Crippen LogP contribution in [0.25, 0.3) is 5.69 Å². The predicted octanol–water partition coefficient (Wildman–Crippen LogP) is 3.05. The average molecular weight is 275 g/mol. The summed E-state index contributed by atoms with van der Waals surface area (Å²) in [6.07, 6.45) is 2.32. The summed E-state index contributed by atoms with van der Waals surface area (Å²) in [6.45, 7) is 1.95. The predicted molar refractivity (Wildman–Crippen MR) is 77.2 cm³/mol. The number of nitrogens with zero attached hydrogens (tertiary/aromatic N) is 3. The fourth-order valence-corrected chi connectivity index (χ4v) is 2.95. The van der Waals surface area contributed by atoms with E-state index in [-0.39, 0.29) is 5.78 Å². The van der Waals surface area contributed by atoms with Crippen LogP contribution in [0.1, 0.15) is 45.7 Å². The van der Waals surface area contributed by atoms with Crippen molar-refractivity contribution in [2.75, 3.05) is 0 Å². The molecule has 1 aliphatic carbocycles. The van der Waals surface area contributed by atoms with Crippen LogP contribution in [-0.2, 0) is 6.42 Å². The Bertz CT molecular complexity index is 831. The molecule has 21 heavy (non-hydrogen) atoms. The van der Waals surface area contributed by atoms with E-state index in [0.717, 1.165) is 35.5 Å². The van der Waals surface area contributed by atoms with E-state index in [1.165, 1.54) is 0 Å². The molecule has 0 spiro atoms. The van der Waals surface area contributed by atoms with Gasteiger partial charge in [-0.3, -0.25) is 4.79 Å². The number of aryl methyl sites for hydroxylation is 1. The van der Waals surface area contributed by atoms with Crippen molar-refractivity contribution in [3.8, 4) is 17.8 Å². The molecule has 0 atom stereocenters. The highest BCUT2D eigenvalue weighted by Crippen LogP contribution is 2.28. The summed E-state index contributed by atoms with van der Waals surface area (Å²) in [4.78, 5) is 12.0. The van der Waals surface area contributed by atoms with E-state index in [1.54, 1.807) is 12.1 Å². The Kier molecular flexibility index (Phi) is 3.08. The maximum Gasteiger partial charge on any atom is 0.164 e. The molecule has 0 radical (unpaired) electrons. The molecular weight excluding hydrogens is 262 g/mol. The van der Waals surface area contributed by atoms with Gasteiger partial charge in [-0.1, -0.05) is 0 Å². The van der Waals surface area contributed by atoms with Crippen molar-refractivity contribution in [3.63, 3.8) is 0 Å². The number of rotatable bonds is 1. The normalized spacial score (nSPS) is 13.4. The second-order valence-electron chi connectivity index (χ2n) is 5.21. The lowest BCUT2D eigenvalue weighted by Crippen LogP contribution is -2.12. The van der Waals surface area contributed by atoms with Crippen LogP contribution in [0.15, 0.2) is 24.3 Å². The number of hydrogen-bond acceptors (Lipinski definition) is 3. The number of carbonyl (C=O) groups excluding carboxylic acids is 1. The topological polar surface area (TPSA) is 69.6 Å². The lowest BCUT2D eigenvalue weighted by molar-refractivity contribution is 0.0972. The molecule has 0 aliphatic heterocycles. The van der Waals surface area contributed by atoms with Gasteiger partial charge < -0.3 is 4.57 Å². The lowest BCUT2D eigenvalue weighted by Gasteiger charge is -2.16. The summed E-state index contributed by atoms with van der Waals surface area (Å²) in [5, 5.41) is 18.2. The molecule has 1 aliphatic rings. The summed E-state index contributed by atoms with van der Waals surface area (Å²) < 4.78 is 2.02. The third-order valence-electron chi connectivity index (χ3n) is 3.91. The molecule has 0 N–H and O–H groups in total.